The molecule has 0 aromatic heterocycles. The number of thioether (sulfide) groups is 1. The topological polar surface area (TPSA) is 80.2 Å². The maximum atomic E-state index is 13.4. The highest BCUT2D eigenvalue weighted by Crippen LogP contribution is 2.34. The van der Waals surface area contributed by atoms with Gasteiger partial charge in [-0.1, -0.05) is 48.2 Å². The molecule has 7 nitrogen and oxygen atoms in total. The molecule has 0 saturated carbocycles. The number of carbonyl (C=O) groups is 2. The molecule has 0 radical (unpaired) electrons. The van der Waals surface area contributed by atoms with Gasteiger partial charge in [0.05, 0.1) is 24.9 Å². The summed E-state index contributed by atoms with van der Waals surface area (Å²) in [7, 11) is 0. The number of amides is 2. The predicted octanol–water partition coefficient (Wildman–Crippen LogP) is 5.38. The zero-order chi connectivity index (χ0) is 24.9. The second-order valence-corrected chi connectivity index (χ2v) is 9.96. The maximum Gasteiger partial charge on any atom is 0.242 e. The number of amidine groups is 1. The monoisotopic (exact) mass is 503 g/mol. The first-order valence-corrected chi connectivity index (χ1v) is 13.2. The van der Waals surface area contributed by atoms with E-state index in [-0.39, 0.29) is 24.3 Å². The molecule has 2 amide bonds. The number of ether oxygens (including phenoxy) is 2. The minimum Gasteiger partial charge on any atom is -0.494 e. The molecule has 2 aliphatic rings. The van der Waals surface area contributed by atoms with Crippen LogP contribution in [0.1, 0.15) is 26.2 Å². The number of nitrogens with one attached hydrogen (secondary N) is 1. The Bertz CT molecular complexity index is 1270. The Labute approximate surface area is 214 Å². The zero-order valence-electron chi connectivity index (χ0n) is 20.2. The lowest BCUT2D eigenvalue weighted by molar-refractivity contribution is -0.129. The molecule has 3 aromatic rings. The van der Waals surface area contributed by atoms with E-state index < -0.39 is 5.25 Å². The third-order valence-electron chi connectivity index (χ3n) is 6.24. The van der Waals surface area contributed by atoms with Crippen LogP contribution in [-0.2, 0) is 14.3 Å². The van der Waals surface area contributed by atoms with Gasteiger partial charge in [0.2, 0.25) is 11.8 Å². The number of aliphatic imine (C=N–C) groups is 1. The summed E-state index contributed by atoms with van der Waals surface area (Å²) in [5.41, 5.74) is 1.47. The van der Waals surface area contributed by atoms with Crippen molar-refractivity contribution in [3.05, 3.63) is 66.7 Å². The first-order valence-electron chi connectivity index (χ1n) is 12.3. The lowest BCUT2D eigenvalue weighted by atomic mass is 10.1. The number of carbonyl (C=O) groups excluding carboxylic acids is 2. The average molecular weight is 504 g/mol. The van der Waals surface area contributed by atoms with Crippen LogP contribution in [0.3, 0.4) is 0 Å². The highest BCUT2D eigenvalue weighted by atomic mass is 32.2. The molecule has 0 aliphatic carbocycles. The van der Waals surface area contributed by atoms with Gasteiger partial charge in [-0.05, 0) is 55.5 Å². The quantitative estimate of drug-likeness (QED) is 0.447. The number of benzene rings is 3. The molecule has 2 saturated heterocycles. The molecule has 36 heavy (non-hydrogen) atoms. The van der Waals surface area contributed by atoms with Gasteiger partial charge in [0, 0.05) is 24.1 Å². The third kappa shape index (κ3) is 5.55. The highest BCUT2D eigenvalue weighted by molar-refractivity contribution is 8.15. The maximum absolute atomic E-state index is 13.4. The molecule has 1 N–H and O–H groups in total. The smallest absolute Gasteiger partial charge is 0.242 e. The number of anilines is 1. The molecule has 186 valence electrons. The van der Waals surface area contributed by atoms with Crippen molar-refractivity contribution in [2.75, 3.05) is 25.1 Å². The van der Waals surface area contributed by atoms with E-state index in [1.54, 1.807) is 4.90 Å². The Morgan fingerprint density at radius 1 is 1.14 bits per heavy atom. The molecule has 2 heterocycles. The number of rotatable bonds is 8. The van der Waals surface area contributed by atoms with Crippen LogP contribution in [0.25, 0.3) is 10.8 Å². The van der Waals surface area contributed by atoms with E-state index in [9.17, 15) is 9.59 Å². The summed E-state index contributed by atoms with van der Waals surface area (Å²) in [5, 5.41) is 5.08. The summed E-state index contributed by atoms with van der Waals surface area (Å²) < 4.78 is 11.3. The van der Waals surface area contributed by atoms with Gasteiger partial charge in [0.25, 0.3) is 0 Å². The number of hydrogen-bond acceptors (Lipinski definition) is 6. The largest absolute Gasteiger partial charge is 0.494 e. The summed E-state index contributed by atoms with van der Waals surface area (Å²) in [6, 6.07) is 21.2. The van der Waals surface area contributed by atoms with Crippen molar-refractivity contribution in [1.29, 1.82) is 0 Å². The van der Waals surface area contributed by atoms with Crippen molar-refractivity contribution in [3.8, 4) is 5.75 Å². The van der Waals surface area contributed by atoms with E-state index in [2.05, 4.69) is 5.32 Å². The molecule has 8 heteroatoms. The van der Waals surface area contributed by atoms with Crippen molar-refractivity contribution in [2.45, 2.75) is 37.5 Å². The van der Waals surface area contributed by atoms with Crippen molar-refractivity contribution < 1.29 is 19.1 Å². The minimum atomic E-state index is -0.539. The van der Waals surface area contributed by atoms with Crippen LogP contribution in [-0.4, -0.2) is 53.0 Å². The molecular formula is C28H29N3O4S. The van der Waals surface area contributed by atoms with Crippen LogP contribution in [0.5, 0.6) is 5.75 Å². The van der Waals surface area contributed by atoms with Gasteiger partial charge in [-0.15, -0.1) is 0 Å². The second kappa shape index (κ2) is 11.1. The van der Waals surface area contributed by atoms with E-state index in [1.165, 1.54) is 11.8 Å². The van der Waals surface area contributed by atoms with Gasteiger partial charge in [-0.2, -0.15) is 0 Å². The van der Waals surface area contributed by atoms with Crippen molar-refractivity contribution in [3.63, 3.8) is 0 Å². The number of hydrogen-bond donors (Lipinski definition) is 1. The van der Waals surface area contributed by atoms with E-state index >= 15 is 0 Å². The van der Waals surface area contributed by atoms with Crippen LogP contribution in [0.2, 0.25) is 0 Å². The molecule has 2 fully saturated rings. The Morgan fingerprint density at radius 2 is 1.94 bits per heavy atom. The first kappa shape index (κ1) is 24.3. The van der Waals surface area contributed by atoms with E-state index in [0.29, 0.717) is 24.9 Å². The Morgan fingerprint density at radius 3 is 2.72 bits per heavy atom. The first-order chi connectivity index (χ1) is 17.6. The number of fused-ring (bicyclic) bond motifs is 1. The van der Waals surface area contributed by atoms with Gasteiger partial charge in [-0.3, -0.25) is 14.5 Å². The van der Waals surface area contributed by atoms with E-state index in [0.717, 1.165) is 40.7 Å². The van der Waals surface area contributed by atoms with Crippen LogP contribution >= 0.6 is 11.8 Å². The molecule has 0 bridgehead atoms. The fourth-order valence-electron chi connectivity index (χ4n) is 4.48. The highest BCUT2D eigenvalue weighted by Gasteiger charge is 2.40. The molecule has 3 aromatic carbocycles. The summed E-state index contributed by atoms with van der Waals surface area (Å²) in [6.07, 6.45) is 1.96. The van der Waals surface area contributed by atoms with Gasteiger partial charge >= 0.3 is 0 Å². The van der Waals surface area contributed by atoms with Gasteiger partial charge in [0.15, 0.2) is 5.17 Å². The lowest BCUT2D eigenvalue weighted by Crippen LogP contribution is -2.38. The van der Waals surface area contributed by atoms with Crippen LogP contribution in [0.4, 0.5) is 11.4 Å². The third-order valence-corrected chi connectivity index (χ3v) is 7.41. The standard InChI is InChI=1S/C28H29N3O4S/c1-2-34-21-14-12-20(13-15-21)29-28-31(18-22-9-6-16-35-22)27(33)25(36-28)17-26(32)30-24-11-5-8-19-7-3-4-10-23(19)24/h3-5,7-8,10-15,22,25H,2,6,9,16-18H2,1H3,(H,30,32)/t22-,25-/m1/s1. The SMILES string of the molecule is CCOc1ccc(N=C2S[C@H](CC(=O)Nc3cccc4ccccc34)C(=O)N2C[C@H]2CCCO2)cc1. The molecular weight excluding hydrogens is 474 g/mol. The summed E-state index contributed by atoms with van der Waals surface area (Å²) >= 11 is 1.34. The number of nitrogens with zero attached hydrogens (tertiary/aromatic N) is 2. The normalized spacial score (nSPS) is 20.9. The van der Waals surface area contributed by atoms with E-state index in [1.807, 2.05) is 73.7 Å². The van der Waals surface area contributed by atoms with Crippen LogP contribution < -0.4 is 10.1 Å². The van der Waals surface area contributed by atoms with Gasteiger partial charge in [0.1, 0.15) is 11.0 Å². The summed E-state index contributed by atoms with van der Waals surface area (Å²) in [4.78, 5) is 32.8. The molecule has 0 unspecified atom stereocenters. The Balaban J connectivity index is 1.33. The molecule has 5 rings (SSSR count). The van der Waals surface area contributed by atoms with Crippen molar-refractivity contribution in [1.82, 2.24) is 4.90 Å². The van der Waals surface area contributed by atoms with Crippen LogP contribution in [0, 0.1) is 0 Å². The average Bonchev–Trinajstić information content (AvgIpc) is 3.50. The van der Waals surface area contributed by atoms with Crippen molar-refractivity contribution in [2.24, 2.45) is 4.99 Å². The van der Waals surface area contributed by atoms with E-state index in [4.69, 9.17) is 14.5 Å². The fourth-order valence-corrected chi connectivity index (χ4v) is 5.65. The molecule has 2 aliphatic heterocycles. The summed E-state index contributed by atoms with van der Waals surface area (Å²) in [6.45, 7) is 3.69. The Hall–Kier alpha value is -3.36. The minimum absolute atomic E-state index is 0.0108. The fraction of sp³-hybridized carbons (Fsp3) is 0.321. The summed E-state index contributed by atoms with van der Waals surface area (Å²) in [5.74, 6) is 0.473. The second-order valence-electron chi connectivity index (χ2n) is 8.79. The van der Waals surface area contributed by atoms with Crippen LogP contribution in [0.15, 0.2) is 71.7 Å². The Kier molecular flexibility index (Phi) is 7.53. The van der Waals surface area contributed by atoms with Gasteiger partial charge in [-0.25, -0.2) is 4.99 Å². The molecule has 0 spiro atoms. The molecule has 2 atom stereocenters. The predicted molar refractivity (Wildman–Crippen MR) is 144 cm³/mol. The van der Waals surface area contributed by atoms with Gasteiger partial charge < -0.3 is 14.8 Å². The van der Waals surface area contributed by atoms with Crippen molar-refractivity contribution >= 4 is 50.9 Å². The zero-order valence-corrected chi connectivity index (χ0v) is 21.0. The lowest BCUT2D eigenvalue weighted by Gasteiger charge is -2.20.